The Morgan fingerprint density at radius 1 is 1.44 bits per heavy atom. The van der Waals surface area contributed by atoms with Crippen molar-refractivity contribution in [2.24, 2.45) is 0 Å². The van der Waals surface area contributed by atoms with Crippen LogP contribution in [0.1, 0.15) is 5.56 Å². The minimum Gasteiger partial charge on any atom is -0.447 e. The summed E-state index contributed by atoms with van der Waals surface area (Å²) < 4.78 is 4.84. The lowest BCUT2D eigenvalue weighted by Gasteiger charge is -2.23. The van der Waals surface area contributed by atoms with Gasteiger partial charge >= 0.3 is 6.09 Å². The van der Waals surface area contributed by atoms with Gasteiger partial charge in [0.05, 0.1) is 0 Å². The molecule has 0 radical (unpaired) electrons. The molecule has 1 heterocycles. The second-order valence-corrected chi connectivity index (χ2v) is 4.38. The van der Waals surface area contributed by atoms with E-state index in [2.05, 4.69) is 0 Å². The molecular weight excluding hydrogens is 232 g/mol. The zero-order valence-electron chi connectivity index (χ0n) is 10.5. The van der Waals surface area contributed by atoms with Gasteiger partial charge in [-0.2, -0.15) is 0 Å². The van der Waals surface area contributed by atoms with Gasteiger partial charge in [-0.05, 0) is 5.56 Å². The van der Waals surface area contributed by atoms with Crippen LogP contribution in [0.25, 0.3) is 0 Å². The molecule has 2 amide bonds. The van der Waals surface area contributed by atoms with Crippen molar-refractivity contribution in [1.82, 2.24) is 9.80 Å². The van der Waals surface area contributed by atoms with E-state index >= 15 is 0 Å². The van der Waals surface area contributed by atoms with E-state index in [4.69, 9.17) is 4.74 Å². The van der Waals surface area contributed by atoms with Crippen LogP contribution in [0.2, 0.25) is 0 Å². The first-order valence-corrected chi connectivity index (χ1v) is 5.78. The lowest BCUT2D eigenvalue weighted by Crippen LogP contribution is -2.44. The van der Waals surface area contributed by atoms with Crippen molar-refractivity contribution >= 4 is 12.0 Å². The van der Waals surface area contributed by atoms with Gasteiger partial charge in [-0.25, -0.2) is 4.79 Å². The van der Waals surface area contributed by atoms with E-state index in [-0.39, 0.29) is 12.5 Å². The van der Waals surface area contributed by atoms with Crippen LogP contribution in [0.3, 0.4) is 0 Å². The number of rotatable bonds is 3. The number of amides is 2. The van der Waals surface area contributed by atoms with E-state index in [9.17, 15) is 9.59 Å². The van der Waals surface area contributed by atoms with Crippen LogP contribution in [0, 0.1) is 0 Å². The maximum Gasteiger partial charge on any atom is 0.410 e. The van der Waals surface area contributed by atoms with Crippen molar-refractivity contribution < 1.29 is 14.3 Å². The molecule has 0 aromatic heterocycles. The molecule has 96 valence electrons. The van der Waals surface area contributed by atoms with E-state index in [1.807, 2.05) is 30.3 Å². The van der Waals surface area contributed by atoms with Crippen LogP contribution in [0.4, 0.5) is 4.79 Å². The summed E-state index contributed by atoms with van der Waals surface area (Å²) in [5, 5.41) is 0. The van der Waals surface area contributed by atoms with Gasteiger partial charge in [0.25, 0.3) is 0 Å². The highest BCUT2D eigenvalue weighted by atomic mass is 16.6. The molecule has 5 nitrogen and oxygen atoms in total. The van der Waals surface area contributed by atoms with E-state index < -0.39 is 12.1 Å². The smallest absolute Gasteiger partial charge is 0.410 e. The molecule has 1 unspecified atom stereocenters. The summed E-state index contributed by atoms with van der Waals surface area (Å²) in [7, 11) is 3.31. The largest absolute Gasteiger partial charge is 0.447 e. The Bertz CT molecular complexity index is 447. The van der Waals surface area contributed by atoms with Crippen LogP contribution < -0.4 is 0 Å². The normalized spacial score (nSPS) is 18.7. The third-order valence-corrected chi connectivity index (χ3v) is 3.04. The fourth-order valence-corrected chi connectivity index (χ4v) is 1.92. The second kappa shape index (κ2) is 5.08. The Morgan fingerprint density at radius 2 is 2.11 bits per heavy atom. The first kappa shape index (κ1) is 12.4. The van der Waals surface area contributed by atoms with E-state index in [1.165, 1.54) is 4.90 Å². The van der Waals surface area contributed by atoms with Gasteiger partial charge in [0.1, 0.15) is 12.6 Å². The van der Waals surface area contributed by atoms with Crippen LogP contribution >= 0.6 is 0 Å². The van der Waals surface area contributed by atoms with Gasteiger partial charge in [-0.3, -0.25) is 9.69 Å². The topological polar surface area (TPSA) is 49.9 Å². The molecule has 0 spiro atoms. The van der Waals surface area contributed by atoms with Crippen molar-refractivity contribution in [2.75, 3.05) is 20.7 Å². The summed E-state index contributed by atoms with van der Waals surface area (Å²) in [6, 6.07) is 9.21. The monoisotopic (exact) mass is 248 g/mol. The van der Waals surface area contributed by atoms with Gasteiger partial charge in [0, 0.05) is 20.6 Å². The summed E-state index contributed by atoms with van der Waals surface area (Å²) in [4.78, 5) is 26.3. The van der Waals surface area contributed by atoms with Gasteiger partial charge in [-0.15, -0.1) is 0 Å². The lowest BCUT2D eigenvalue weighted by molar-refractivity contribution is -0.134. The van der Waals surface area contributed by atoms with Gasteiger partial charge in [-0.1, -0.05) is 30.3 Å². The molecular formula is C13H16N2O3. The fourth-order valence-electron chi connectivity index (χ4n) is 1.92. The first-order valence-electron chi connectivity index (χ1n) is 5.78. The lowest BCUT2D eigenvalue weighted by atomic mass is 10.2. The van der Waals surface area contributed by atoms with Gasteiger partial charge in [0.15, 0.2) is 0 Å². The van der Waals surface area contributed by atoms with Gasteiger partial charge < -0.3 is 9.64 Å². The Kier molecular flexibility index (Phi) is 3.50. The molecule has 0 N–H and O–H groups in total. The SMILES string of the molecule is CN(Cc1ccccc1)C(=O)C1COC(=O)N1C. The average Bonchev–Trinajstić information content (AvgIpc) is 2.70. The number of benzene rings is 1. The molecule has 1 aromatic carbocycles. The molecule has 0 bridgehead atoms. The second-order valence-electron chi connectivity index (χ2n) is 4.38. The number of carbonyl (C=O) groups is 2. The number of carbonyl (C=O) groups excluding carboxylic acids is 2. The van der Waals surface area contributed by atoms with Crippen LogP contribution in [-0.4, -0.2) is 48.5 Å². The Hall–Kier alpha value is -2.04. The number of nitrogens with zero attached hydrogens (tertiary/aromatic N) is 2. The Labute approximate surface area is 106 Å². The quantitative estimate of drug-likeness (QED) is 0.804. The van der Waals surface area contributed by atoms with Crippen LogP contribution in [0.15, 0.2) is 30.3 Å². The van der Waals surface area contributed by atoms with E-state index in [0.29, 0.717) is 6.54 Å². The predicted octanol–water partition coefficient (Wildman–Crippen LogP) is 1.10. The number of hydrogen-bond donors (Lipinski definition) is 0. The average molecular weight is 248 g/mol. The number of hydrogen-bond acceptors (Lipinski definition) is 3. The summed E-state index contributed by atoms with van der Waals surface area (Å²) >= 11 is 0. The van der Waals surface area contributed by atoms with Crippen molar-refractivity contribution in [3.8, 4) is 0 Å². The number of likely N-dealkylation sites (N-methyl/N-ethyl adjacent to an activating group) is 2. The third kappa shape index (κ3) is 2.45. The van der Waals surface area contributed by atoms with Crippen molar-refractivity contribution in [3.63, 3.8) is 0 Å². The first-order chi connectivity index (χ1) is 8.59. The molecule has 1 fully saturated rings. The molecule has 5 heteroatoms. The van der Waals surface area contributed by atoms with Crippen LogP contribution in [-0.2, 0) is 16.1 Å². The summed E-state index contributed by atoms with van der Waals surface area (Å²) in [6.45, 7) is 0.658. The maximum atomic E-state index is 12.2. The fraction of sp³-hybridized carbons (Fsp3) is 0.385. The highest BCUT2D eigenvalue weighted by molar-refractivity contribution is 5.87. The summed E-state index contributed by atoms with van der Waals surface area (Å²) in [6.07, 6.45) is -0.443. The third-order valence-electron chi connectivity index (χ3n) is 3.04. The van der Waals surface area contributed by atoms with E-state index in [0.717, 1.165) is 5.56 Å². The molecule has 18 heavy (non-hydrogen) atoms. The van der Waals surface area contributed by atoms with Crippen LogP contribution in [0.5, 0.6) is 0 Å². The standard InChI is InChI=1S/C13H16N2O3/c1-14(8-10-6-4-3-5-7-10)12(16)11-9-18-13(17)15(11)2/h3-7,11H,8-9H2,1-2H3. The zero-order valence-corrected chi connectivity index (χ0v) is 10.5. The summed E-state index contributed by atoms with van der Waals surface area (Å²) in [5.41, 5.74) is 1.06. The molecule has 1 aliphatic rings. The number of ether oxygens (including phenoxy) is 1. The molecule has 0 aliphatic carbocycles. The molecule has 1 saturated heterocycles. The van der Waals surface area contributed by atoms with Crippen molar-refractivity contribution in [3.05, 3.63) is 35.9 Å². The molecule has 2 rings (SSSR count). The molecule has 1 aromatic rings. The molecule has 1 aliphatic heterocycles. The van der Waals surface area contributed by atoms with Crippen molar-refractivity contribution in [2.45, 2.75) is 12.6 Å². The maximum absolute atomic E-state index is 12.2. The Morgan fingerprint density at radius 3 is 2.67 bits per heavy atom. The highest BCUT2D eigenvalue weighted by Crippen LogP contribution is 2.13. The van der Waals surface area contributed by atoms with E-state index in [1.54, 1.807) is 19.0 Å². The molecule has 0 saturated carbocycles. The minimum absolute atomic E-state index is 0.104. The zero-order chi connectivity index (χ0) is 13.1. The highest BCUT2D eigenvalue weighted by Gasteiger charge is 2.36. The van der Waals surface area contributed by atoms with Crippen molar-refractivity contribution in [1.29, 1.82) is 0 Å². The Balaban J connectivity index is 1.99. The minimum atomic E-state index is -0.508. The predicted molar refractivity (Wildman–Crippen MR) is 65.8 cm³/mol. The summed E-state index contributed by atoms with van der Waals surface area (Å²) in [5.74, 6) is -0.104. The molecule has 1 atom stereocenters. The van der Waals surface area contributed by atoms with Gasteiger partial charge in [0.2, 0.25) is 5.91 Å². The number of cyclic esters (lactones) is 1.